The van der Waals surface area contributed by atoms with Crippen LogP contribution in [0.5, 0.6) is 0 Å². The van der Waals surface area contributed by atoms with Crippen LogP contribution in [-0.2, 0) is 9.47 Å². The molecule has 0 saturated heterocycles. The van der Waals surface area contributed by atoms with Crippen molar-refractivity contribution in [2.75, 3.05) is 14.2 Å². The second kappa shape index (κ2) is 8.44. The van der Waals surface area contributed by atoms with Gasteiger partial charge in [0.1, 0.15) is 10.3 Å². The van der Waals surface area contributed by atoms with Gasteiger partial charge in [-0.1, -0.05) is 35.3 Å². The van der Waals surface area contributed by atoms with Crippen molar-refractivity contribution in [2.45, 2.75) is 25.0 Å². The van der Waals surface area contributed by atoms with Crippen molar-refractivity contribution in [1.82, 2.24) is 9.97 Å². The molecule has 0 aliphatic rings. The Morgan fingerprint density at radius 3 is 1.50 bits per heavy atom. The first-order chi connectivity index (χ1) is 10.6. The van der Waals surface area contributed by atoms with Crippen molar-refractivity contribution in [3.8, 4) is 0 Å². The number of methoxy groups -OCH3 is 2. The van der Waals surface area contributed by atoms with E-state index >= 15 is 0 Å². The Kier molecular flexibility index (Phi) is 6.58. The minimum Gasteiger partial charge on any atom is -0.377 e. The third-order valence-electron chi connectivity index (χ3n) is 3.50. The minimum atomic E-state index is -0.0531. The lowest BCUT2D eigenvalue weighted by molar-refractivity contribution is 0.0527. The summed E-state index contributed by atoms with van der Waals surface area (Å²) in [5.41, 5.74) is 1.99. The Labute approximate surface area is 140 Å². The van der Waals surface area contributed by atoms with E-state index in [4.69, 9.17) is 32.7 Å². The van der Waals surface area contributed by atoms with Crippen molar-refractivity contribution in [3.63, 3.8) is 0 Å². The second-order valence-corrected chi connectivity index (χ2v) is 5.63. The highest BCUT2D eigenvalue weighted by Gasteiger charge is 2.17. The third kappa shape index (κ3) is 4.65. The highest BCUT2D eigenvalue weighted by Crippen LogP contribution is 2.29. The summed E-state index contributed by atoms with van der Waals surface area (Å²) in [5.74, 6) is 0. The molecule has 2 rings (SSSR count). The van der Waals surface area contributed by atoms with E-state index in [9.17, 15) is 0 Å². The number of pyridine rings is 2. The van der Waals surface area contributed by atoms with Gasteiger partial charge in [0.15, 0.2) is 0 Å². The third-order valence-corrected chi connectivity index (χ3v) is 3.95. The fraction of sp³-hybridized carbons (Fsp3) is 0.375. The van der Waals surface area contributed by atoms with Crippen LogP contribution in [0.3, 0.4) is 0 Å². The first-order valence-corrected chi connectivity index (χ1v) is 7.68. The Hall–Kier alpha value is -1.20. The summed E-state index contributed by atoms with van der Waals surface area (Å²) in [6, 6.07) is 7.38. The first-order valence-electron chi connectivity index (χ1n) is 6.92. The summed E-state index contributed by atoms with van der Waals surface area (Å²) in [5, 5.41) is 0.946. The molecule has 2 atom stereocenters. The molecule has 22 heavy (non-hydrogen) atoms. The zero-order valence-electron chi connectivity index (χ0n) is 12.5. The topological polar surface area (TPSA) is 44.2 Å². The van der Waals surface area contributed by atoms with Gasteiger partial charge >= 0.3 is 0 Å². The average molecular weight is 341 g/mol. The number of rotatable bonds is 7. The van der Waals surface area contributed by atoms with Crippen LogP contribution in [0, 0.1) is 0 Å². The quantitative estimate of drug-likeness (QED) is 0.688. The maximum absolute atomic E-state index is 5.81. The van der Waals surface area contributed by atoms with Gasteiger partial charge in [-0.25, -0.2) is 9.97 Å². The summed E-state index contributed by atoms with van der Waals surface area (Å²) in [6.45, 7) is 0. The average Bonchev–Trinajstić information content (AvgIpc) is 2.54. The molecule has 0 aliphatic heterocycles. The lowest BCUT2D eigenvalue weighted by Gasteiger charge is -2.20. The van der Waals surface area contributed by atoms with E-state index in [-0.39, 0.29) is 12.2 Å². The maximum Gasteiger partial charge on any atom is 0.129 e. The molecule has 2 unspecified atom stereocenters. The van der Waals surface area contributed by atoms with Crippen LogP contribution >= 0.6 is 23.2 Å². The molecule has 2 aromatic heterocycles. The molecule has 2 aromatic rings. The molecule has 0 bridgehead atoms. The van der Waals surface area contributed by atoms with Gasteiger partial charge in [-0.05, 0) is 36.1 Å². The van der Waals surface area contributed by atoms with E-state index in [1.807, 2.05) is 12.1 Å². The van der Waals surface area contributed by atoms with Crippen LogP contribution in [0.1, 0.15) is 36.2 Å². The van der Waals surface area contributed by atoms with E-state index in [1.54, 1.807) is 38.7 Å². The van der Waals surface area contributed by atoms with Crippen molar-refractivity contribution in [1.29, 1.82) is 0 Å². The molecule has 4 nitrogen and oxygen atoms in total. The van der Waals surface area contributed by atoms with Crippen LogP contribution < -0.4 is 0 Å². The van der Waals surface area contributed by atoms with E-state index in [0.29, 0.717) is 10.3 Å². The van der Waals surface area contributed by atoms with Gasteiger partial charge in [-0.15, -0.1) is 0 Å². The first kappa shape index (κ1) is 17.2. The van der Waals surface area contributed by atoms with Gasteiger partial charge in [0.05, 0.1) is 12.2 Å². The normalized spacial score (nSPS) is 13.8. The largest absolute Gasteiger partial charge is 0.377 e. The van der Waals surface area contributed by atoms with E-state index in [2.05, 4.69) is 9.97 Å². The van der Waals surface area contributed by atoms with Crippen LogP contribution in [0.4, 0.5) is 0 Å². The Bertz CT molecular complexity index is 522. The number of halogens is 2. The molecule has 0 aromatic carbocycles. The Morgan fingerprint density at radius 2 is 1.23 bits per heavy atom. The van der Waals surface area contributed by atoms with Gasteiger partial charge in [0, 0.05) is 26.6 Å². The molecule has 0 fully saturated rings. The number of ether oxygens (including phenoxy) is 2. The SMILES string of the molecule is COC(CCC(OC)c1ccc(Cl)nc1)c1ccc(Cl)nc1. The molecule has 0 radical (unpaired) electrons. The maximum atomic E-state index is 5.81. The number of hydrogen-bond acceptors (Lipinski definition) is 4. The summed E-state index contributed by atoms with van der Waals surface area (Å²) in [7, 11) is 3.37. The van der Waals surface area contributed by atoms with Crippen molar-refractivity contribution in [3.05, 3.63) is 58.1 Å². The monoisotopic (exact) mass is 340 g/mol. The van der Waals surface area contributed by atoms with Crippen LogP contribution in [0.2, 0.25) is 10.3 Å². The summed E-state index contributed by atoms with van der Waals surface area (Å²) >= 11 is 11.6. The summed E-state index contributed by atoms with van der Waals surface area (Å²) < 4.78 is 11.1. The van der Waals surface area contributed by atoms with Crippen LogP contribution in [-0.4, -0.2) is 24.2 Å². The Balaban J connectivity index is 2.01. The zero-order chi connectivity index (χ0) is 15.9. The number of nitrogens with zero attached hydrogens (tertiary/aromatic N) is 2. The standard InChI is InChI=1S/C16H18Cl2N2O2/c1-21-13(11-3-7-15(17)19-9-11)5-6-14(22-2)12-4-8-16(18)20-10-12/h3-4,7-10,13-14H,5-6H2,1-2H3. The zero-order valence-corrected chi connectivity index (χ0v) is 14.0. The van der Waals surface area contributed by atoms with Gasteiger partial charge in [0.2, 0.25) is 0 Å². The van der Waals surface area contributed by atoms with Crippen molar-refractivity contribution >= 4 is 23.2 Å². The van der Waals surface area contributed by atoms with E-state index in [1.165, 1.54) is 0 Å². The fourth-order valence-electron chi connectivity index (χ4n) is 2.30. The van der Waals surface area contributed by atoms with Crippen molar-refractivity contribution < 1.29 is 9.47 Å². The summed E-state index contributed by atoms with van der Waals surface area (Å²) in [6.07, 6.45) is 4.96. The molecule has 2 heterocycles. The predicted molar refractivity (Wildman–Crippen MR) is 87.2 cm³/mol. The van der Waals surface area contributed by atoms with E-state index in [0.717, 1.165) is 24.0 Å². The second-order valence-electron chi connectivity index (χ2n) is 4.85. The summed E-state index contributed by atoms with van der Waals surface area (Å²) in [4.78, 5) is 8.19. The lowest BCUT2D eigenvalue weighted by Crippen LogP contribution is -2.07. The highest BCUT2D eigenvalue weighted by atomic mass is 35.5. The number of aromatic nitrogens is 2. The molecule has 0 aliphatic carbocycles. The molecule has 0 amide bonds. The molecular formula is C16H18Cl2N2O2. The van der Waals surface area contributed by atoms with Gasteiger partial charge < -0.3 is 9.47 Å². The van der Waals surface area contributed by atoms with Gasteiger partial charge in [-0.2, -0.15) is 0 Å². The fourth-order valence-corrected chi connectivity index (χ4v) is 2.52. The predicted octanol–water partition coefficient (Wildman–Crippen LogP) is 4.64. The van der Waals surface area contributed by atoms with Crippen LogP contribution in [0.15, 0.2) is 36.7 Å². The van der Waals surface area contributed by atoms with Crippen LogP contribution in [0.25, 0.3) is 0 Å². The highest BCUT2D eigenvalue weighted by molar-refractivity contribution is 6.29. The molecule has 6 heteroatoms. The smallest absolute Gasteiger partial charge is 0.129 e. The lowest BCUT2D eigenvalue weighted by atomic mass is 10.0. The molecule has 0 spiro atoms. The van der Waals surface area contributed by atoms with Crippen molar-refractivity contribution in [2.24, 2.45) is 0 Å². The molecule has 118 valence electrons. The molecule has 0 N–H and O–H groups in total. The van der Waals surface area contributed by atoms with E-state index < -0.39 is 0 Å². The van der Waals surface area contributed by atoms with Gasteiger partial charge in [-0.3, -0.25) is 0 Å². The molecule has 0 saturated carbocycles. The van der Waals surface area contributed by atoms with Gasteiger partial charge in [0.25, 0.3) is 0 Å². The molecular weight excluding hydrogens is 323 g/mol. The number of hydrogen-bond donors (Lipinski definition) is 0. The Morgan fingerprint density at radius 1 is 0.818 bits per heavy atom. The minimum absolute atomic E-state index is 0.0531.